The number of aromatic nitrogens is 1. The Hall–Kier alpha value is -2.01. The first-order chi connectivity index (χ1) is 11.5. The normalized spacial score (nSPS) is 25.8. The molecule has 1 aliphatic heterocycles. The van der Waals surface area contributed by atoms with Gasteiger partial charge in [0.2, 0.25) is 11.8 Å². The van der Waals surface area contributed by atoms with Crippen LogP contribution in [0.3, 0.4) is 0 Å². The van der Waals surface area contributed by atoms with Gasteiger partial charge in [0.25, 0.3) is 0 Å². The Morgan fingerprint density at radius 1 is 1.17 bits per heavy atom. The Labute approximate surface area is 145 Å². The molecule has 4 rings (SSSR count). The second-order valence-corrected chi connectivity index (χ2v) is 7.92. The minimum atomic E-state index is -0.348. The van der Waals surface area contributed by atoms with E-state index in [1.54, 1.807) is 11.3 Å². The second kappa shape index (κ2) is 5.52. The highest BCUT2D eigenvalue weighted by molar-refractivity contribution is 7.12. The van der Waals surface area contributed by atoms with Gasteiger partial charge in [0, 0.05) is 17.3 Å². The lowest BCUT2D eigenvalue weighted by Crippen LogP contribution is -2.32. The Morgan fingerprint density at radius 3 is 2.54 bits per heavy atom. The predicted octanol–water partition coefficient (Wildman–Crippen LogP) is 3.19. The van der Waals surface area contributed by atoms with Gasteiger partial charge >= 0.3 is 0 Å². The maximum absolute atomic E-state index is 12.9. The molecule has 3 atom stereocenters. The lowest BCUT2D eigenvalue weighted by atomic mass is 9.72. The lowest BCUT2D eigenvalue weighted by molar-refractivity contribution is -0.139. The molecule has 0 unspecified atom stereocenters. The van der Waals surface area contributed by atoms with Gasteiger partial charge in [-0.1, -0.05) is 29.8 Å². The lowest BCUT2D eigenvalue weighted by Gasteiger charge is -2.30. The molecule has 0 saturated carbocycles. The molecule has 4 nitrogen and oxygen atoms in total. The highest BCUT2D eigenvalue weighted by Crippen LogP contribution is 2.51. The molecular formula is C19H20N2O2S. The highest BCUT2D eigenvalue weighted by Gasteiger charge is 2.55. The third-order valence-electron chi connectivity index (χ3n) is 5.23. The zero-order valence-electron chi connectivity index (χ0n) is 14.1. The van der Waals surface area contributed by atoms with Crippen LogP contribution in [-0.2, 0) is 16.0 Å². The smallest absolute Gasteiger partial charge is 0.238 e. The van der Waals surface area contributed by atoms with Crippen molar-refractivity contribution >= 4 is 23.2 Å². The third-order valence-corrected chi connectivity index (χ3v) is 6.32. The van der Waals surface area contributed by atoms with Crippen molar-refractivity contribution in [3.63, 3.8) is 0 Å². The van der Waals surface area contributed by atoms with Crippen LogP contribution in [0.5, 0.6) is 0 Å². The van der Waals surface area contributed by atoms with E-state index in [0.29, 0.717) is 6.54 Å². The van der Waals surface area contributed by atoms with Gasteiger partial charge in [-0.15, -0.1) is 11.3 Å². The molecule has 2 aromatic rings. The molecule has 0 spiro atoms. The number of thiazole rings is 1. The van der Waals surface area contributed by atoms with Gasteiger partial charge < -0.3 is 0 Å². The Morgan fingerprint density at radius 2 is 1.88 bits per heavy atom. The number of benzene rings is 1. The van der Waals surface area contributed by atoms with E-state index < -0.39 is 0 Å². The van der Waals surface area contributed by atoms with Crippen LogP contribution >= 0.6 is 11.3 Å². The van der Waals surface area contributed by atoms with Gasteiger partial charge in [-0.25, -0.2) is 4.98 Å². The van der Waals surface area contributed by atoms with E-state index in [2.05, 4.69) is 36.2 Å². The molecular weight excluding hydrogens is 320 g/mol. The summed E-state index contributed by atoms with van der Waals surface area (Å²) < 4.78 is 0. The first-order valence-corrected chi connectivity index (χ1v) is 9.21. The van der Waals surface area contributed by atoms with Gasteiger partial charge in [0.15, 0.2) is 0 Å². The van der Waals surface area contributed by atoms with Gasteiger partial charge in [-0.05, 0) is 32.8 Å². The quantitative estimate of drug-likeness (QED) is 0.789. The molecule has 2 heterocycles. The third kappa shape index (κ3) is 2.14. The first kappa shape index (κ1) is 15.5. The highest BCUT2D eigenvalue weighted by atomic mass is 32.1. The van der Waals surface area contributed by atoms with E-state index in [1.807, 2.05) is 13.8 Å². The van der Waals surface area contributed by atoms with Crippen LogP contribution in [0.25, 0.3) is 0 Å². The van der Waals surface area contributed by atoms with Crippen LogP contribution in [0.15, 0.2) is 24.3 Å². The largest absolute Gasteiger partial charge is 0.282 e. The van der Waals surface area contributed by atoms with Crippen molar-refractivity contribution in [3.8, 4) is 0 Å². The fraction of sp³-hybridized carbons (Fsp3) is 0.421. The minimum absolute atomic E-state index is 0.0187. The van der Waals surface area contributed by atoms with Crippen LogP contribution in [0.1, 0.15) is 45.5 Å². The molecule has 2 aliphatic rings. The first-order valence-electron chi connectivity index (χ1n) is 8.39. The topological polar surface area (TPSA) is 50.3 Å². The van der Waals surface area contributed by atoms with Crippen molar-refractivity contribution in [2.45, 2.75) is 39.0 Å². The maximum Gasteiger partial charge on any atom is 0.238 e. The number of nitrogens with zero attached hydrogens (tertiary/aromatic N) is 2. The molecule has 1 saturated heterocycles. The van der Waals surface area contributed by atoms with E-state index in [1.165, 1.54) is 10.5 Å². The molecule has 124 valence electrons. The van der Waals surface area contributed by atoms with E-state index >= 15 is 0 Å². The molecule has 24 heavy (non-hydrogen) atoms. The van der Waals surface area contributed by atoms with Gasteiger partial charge in [-0.3, -0.25) is 14.5 Å². The summed E-state index contributed by atoms with van der Waals surface area (Å²) in [6, 6.07) is 8.33. The molecule has 1 fully saturated rings. The van der Waals surface area contributed by atoms with Crippen LogP contribution in [-0.4, -0.2) is 28.2 Å². The predicted molar refractivity (Wildman–Crippen MR) is 93.1 cm³/mol. The van der Waals surface area contributed by atoms with E-state index in [0.717, 1.165) is 27.6 Å². The van der Waals surface area contributed by atoms with Gasteiger partial charge in [0.05, 0.1) is 22.5 Å². The van der Waals surface area contributed by atoms with Crippen LogP contribution in [0.4, 0.5) is 0 Å². The number of rotatable bonds is 2. The Bertz CT molecular complexity index is 824. The van der Waals surface area contributed by atoms with E-state index in [4.69, 9.17) is 0 Å². The van der Waals surface area contributed by atoms with E-state index in [9.17, 15) is 9.59 Å². The fourth-order valence-electron chi connectivity index (χ4n) is 4.09. The molecule has 1 aliphatic carbocycles. The molecule has 2 amide bonds. The monoisotopic (exact) mass is 340 g/mol. The number of likely N-dealkylation sites (N-methyl/N-ethyl adjacent to an activating group) is 1. The van der Waals surface area contributed by atoms with Crippen molar-refractivity contribution in [2.75, 3.05) is 6.54 Å². The van der Waals surface area contributed by atoms with Crippen LogP contribution in [0.2, 0.25) is 0 Å². The zero-order chi connectivity index (χ0) is 17.0. The molecule has 0 bridgehead atoms. The average Bonchev–Trinajstić information content (AvgIpc) is 3.04. The number of carbonyl (C=O) groups excluding carboxylic acids is 2. The Kier molecular flexibility index (Phi) is 3.57. The number of likely N-dealkylation sites (tertiary alicyclic amines) is 1. The molecule has 1 aromatic carbocycles. The number of aryl methyl sites for hydroxylation is 2. The summed E-state index contributed by atoms with van der Waals surface area (Å²) in [5, 5.41) is 0.971. The van der Waals surface area contributed by atoms with Gasteiger partial charge in [-0.2, -0.15) is 0 Å². The summed E-state index contributed by atoms with van der Waals surface area (Å²) >= 11 is 1.57. The standard InChI is InChI=1S/C19H20N2O2S/c1-4-21-18(22)15-13(12-7-5-10(2)6-8-12)9-14-17(16(15)19(21)23)24-11(3)20-14/h5-8,13,15-16H,4,9H2,1-3H3/t13-,15-,16-/m0/s1. The van der Waals surface area contributed by atoms with Crippen molar-refractivity contribution in [1.82, 2.24) is 9.88 Å². The Balaban J connectivity index is 1.86. The maximum atomic E-state index is 12.9. The van der Waals surface area contributed by atoms with Crippen LogP contribution < -0.4 is 0 Å². The number of carbonyl (C=O) groups is 2. The van der Waals surface area contributed by atoms with E-state index in [-0.39, 0.29) is 29.6 Å². The summed E-state index contributed by atoms with van der Waals surface area (Å²) in [6.45, 7) is 6.33. The molecule has 0 radical (unpaired) electrons. The number of imide groups is 1. The number of hydrogen-bond acceptors (Lipinski definition) is 4. The summed E-state index contributed by atoms with van der Waals surface area (Å²) in [5.41, 5.74) is 3.33. The SMILES string of the molecule is CCN1C(=O)[C@@H]2[C@H](C1=O)c1sc(C)nc1C[C@H]2c1ccc(C)cc1. The molecule has 0 N–H and O–H groups in total. The van der Waals surface area contributed by atoms with Crippen LogP contribution in [0, 0.1) is 19.8 Å². The molecule has 5 heteroatoms. The zero-order valence-corrected chi connectivity index (χ0v) is 14.9. The van der Waals surface area contributed by atoms with Crippen molar-refractivity contribution in [2.24, 2.45) is 5.92 Å². The summed E-state index contributed by atoms with van der Waals surface area (Å²) in [5.74, 6) is -0.673. The second-order valence-electron chi connectivity index (χ2n) is 6.69. The average molecular weight is 340 g/mol. The summed E-state index contributed by atoms with van der Waals surface area (Å²) in [6.07, 6.45) is 0.737. The minimum Gasteiger partial charge on any atom is -0.282 e. The number of amides is 2. The van der Waals surface area contributed by atoms with Crippen molar-refractivity contribution in [1.29, 1.82) is 0 Å². The van der Waals surface area contributed by atoms with Gasteiger partial charge in [0.1, 0.15) is 0 Å². The number of hydrogen-bond donors (Lipinski definition) is 0. The summed E-state index contributed by atoms with van der Waals surface area (Å²) in [4.78, 5) is 32.9. The number of fused-ring (bicyclic) bond motifs is 3. The van der Waals surface area contributed by atoms with Crippen molar-refractivity contribution < 1.29 is 9.59 Å². The molecule has 1 aromatic heterocycles. The summed E-state index contributed by atoms with van der Waals surface area (Å²) in [7, 11) is 0. The van der Waals surface area contributed by atoms with Crippen molar-refractivity contribution in [3.05, 3.63) is 51.0 Å². The fourth-order valence-corrected chi connectivity index (χ4v) is 5.19.